The second-order valence-electron chi connectivity index (χ2n) is 14.8. The molecule has 3 N–H and O–H groups in total. The fraction of sp³-hybridized carbons (Fsp3) is 0.673. The lowest BCUT2D eigenvalue weighted by Crippen LogP contribution is -2.46. The summed E-state index contributed by atoms with van der Waals surface area (Å²) in [5.74, 6) is -0.566. The van der Waals surface area contributed by atoms with Crippen LogP contribution in [0.25, 0.3) is 0 Å². The van der Waals surface area contributed by atoms with Crippen molar-refractivity contribution in [3.8, 4) is 0 Å². The monoisotopic (exact) mass is 766 g/mol. The Hall–Kier alpha value is -2.96. The molecule has 0 aromatic rings. The molecular weight excluding hydrogens is 683 g/mol. The van der Waals surface area contributed by atoms with Crippen molar-refractivity contribution in [2.45, 2.75) is 206 Å². The molecule has 0 rings (SSSR count). The van der Waals surface area contributed by atoms with Crippen LogP contribution in [0.4, 0.5) is 0 Å². The molecule has 0 saturated carbocycles. The predicted molar refractivity (Wildman–Crippen MR) is 236 cm³/mol. The van der Waals surface area contributed by atoms with Crippen molar-refractivity contribution in [1.82, 2.24) is 5.32 Å². The highest BCUT2D eigenvalue weighted by Crippen LogP contribution is 2.16. The van der Waals surface area contributed by atoms with E-state index in [4.69, 9.17) is 4.74 Å². The summed E-state index contributed by atoms with van der Waals surface area (Å²) in [6.07, 6.45) is 53.6. The number of carbonyl (C=O) groups excluding carboxylic acids is 2. The van der Waals surface area contributed by atoms with Gasteiger partial charge in [0.1, 0.15) is 6.10 Å². The highest BCUT2D eigenvalue weighted by Gasteiger charge is 2.24. The van der Waals surface area contributed by atoms with Crippen LogP contribution >= 0.6 is 0 Å². The Bertz CT molecular complexity index is 1080. The lowest BCUT2D eigenvalue weighted by Gasteiger charge is -2.24. The minimum Gasteiger partial charge on any atom is -0.462 e. The first kappa shape index (κ1) is 52.0. The Labute approximate surface area is 338 Å². The lowest BCUT2D eigenvalue weighted by molar-refractivity contribution is -0.151. The number of hydrogen-bond donors (Lipinski definition) is 3. The molecule has 314 valence electrons. The van der Waals surface area contributed by atoms with E-state index in [1.807, 2.05) is 36.5 Å². The minimum absolute atomic E-state index is 0.0221. The molecule has 0 saturated heterocycles. The molecule has 0 aromatic heterocycles. The fourth-order valence-corrected chi connectivity index (χ4v) is 6.27. The SMILES string of the molecule is CC/C=C/C=C/C=C\C=C/CCCC(CC(=O)NC(CO)C(O)CCCCCCCCCCCC)OC(=O)CCCCCCCCC/C=C/C=C/C=C/CC. The largest absolute Gasteiger partial charge is 0.462 e. The van der Waals surface area contributed by atoms with Crippen LogP contribution in [0.1, 0.15) is 188 Å². The Kier molecular flexibility index (Phi) is 39.9. The molecule has 0 spiro atoms. The summed E-state index contributed by atoms with van der Waals surface area (Å²) >= 11 is 0. The second kappa shape index (κ2) is 42.2. The van der Waals surface area contributed by atoms with E-state index in [1.54, 1.807) is 0 Å². The van der Waals surface area contributed by atoms with Gasteiger partial charge in [0.05, 0.1) is 25.2 Å². The number of aliphatic hydroxyl groups excluding tert-OH is 2. The maximum absolute atomic E-state index is 13.1. The van der Waals surface area contributed by atoms with E-state index in [1.165, 1.54) is 70.6 Å². The number of esters is 1. The summed E-state index contributed by atoms with van der Waals surface area (Å²) in [4.78, 5) is 25.9. The first-order valence-electron chi connectivity index (χ1n) is 22.4. The third kappa shape index (κ3) is 37.7. The van der Waals surface area contributed by atoms with Crippen LogP contribution in [-0.2, 0) is 14.3 Å². The molecule has 1 amide bonds. The third-order valence-corrected chi connectivity index (χ3v) is 9.63. The number of amides is 1. The van der Waals surface area contributed by atoms with Crippen LogP contribution in [0.15, 0.2) is 85.1 Å². The Morgan fingerprint density at radius 2 is 1.00 bits per heavy atom. The van der Waals surface area contributed by atoms with E-state index >= 15 is 0 Å². The maximum Gasteiger partial charge on any atom is 0.306 e. The van der Waals surface area contributed by atoms with Gasteiger partial charge in [0.25, 0.3) is 0 Å². The summed E-state index contributed by atoms with van der Waals surface area (Å²) < 4.78 is 5.85. The quantitative estimate of drug-likeness (QED) is 0.0330. The van der Waals surface area contributed by atoms with E-state index in [0.29, 0.717) is 19.3 Å². The van der Waals surface area contributed by atoms with E-state index in [-0.39, 0.29) is 24.9 Å². The number of rotatable bonds is 38. The van der Waals surface area contributed by atoms with Crippen molar-refractivity contribution in [3.05, 3.63) is 85.1 Å². The van der Waals surface area contributed by atoms with Gasteiger partial charge in [0.15, 0.2) is 0 Å². The van der Waals surface area contributed by atoms with Gasteiger partial charge in [-0.25, -0.2) is 0 Å². The minimum atomic E-state index is -0.808. The zero-order valence-corrected chi connectivity index (χ0v) is 35.5. The third-order valence-electron chi connectivity index (χ3n) is 9.63. The van der Waals surface area contributed by atoms with Crippen molar-refractivity contribution < 1.29 is 24.5 Å². The van der Waals surface area contributed by atoms with Crippen molar-refractivity contribution in [2.24, 2.45) is 0 Å². The molecule has 0 radical (unpaired) electrons. The Balaban J connectivity index is 4.70. The van der Waals surface area contributed by atoms with Gasteiger partial charge < -0.3 is 20.3 Å². The predicted octanol–water partition coefficient (Wildman–Crippen LogP) is 12.8. The number of nitrogens with one attached hydrogen (secondary N) is 1. The number of aliphatic hydroxyl groups is 2. The van der Waals surface area contributed by atoms with Gasteiger partial charge in [-0.1, -0.05) is 202 Å². The maximum atomic E-state index is 13.1. The van der Waals surface area contributed by atoms with Crippen LogP contribution in [0, 0.1) is 0 Å². The molecular formula is C49H83NO5. The average Bonchev–Trinajstić information content (AvgIpc) is 3.18. The summed E-state index contributed by atoms with van der Waals surface area (Å²) in [6.45, 7) is 6.15. The first-order valence-corrected chi connectivity index (χ1v) is 22.4. The zero-order valence-electron chi connectivity index (χ0n) is 35.5. The van der Waals surface area contributed by atoms with Crippen molar-refractivity contribution in [3.63, 3.8) is 0 Å². The van der Waals surface area contributed by atoms with Crippen LogP contribution in [0.5, 0.6) is 0 Å². The average molecular weight is 766 g/mol. The van der Waals surface area contributed by atoms with Gasteiger partial charge in [-0.15, -0.1) is 0 Å². The summed E-state index contributed by atoms with van der Waals surface area (Å²) in [5, 5.41) is 23.6. The summed E-state index contributed by atoms with van der Waals surface area (Å²) in [5.41, 5.74) is 0. The standard InChI is InChI=1S/C49H83NO5/c1-4-7-10-13-16-19-22-23-24-25-27-30-33-36-39-42-49(54)55-45(40-37-34-31-28-26-20-17-14-11-8-5-2)43-48(53)50-46(44-51)47(52)41-38-35-32-29-21-18-15-12-9-6-3/h7-8,10-11,13-14,16-17,19-20,22,26,28,31,45-47,51-52H,4-6,9,12,15,18,21,23-25,27,29-30,32-44H2,1-3H3,(H,50,53)/b10-7+,11-8+,16-13+,17-14+,22-19+,26-20-,31-28-. The van der Waals surface area contributed by atoms with Crippen molar-refractivity contribution in [1.29, 1.82) is 0 Å². The Morgan fingerprint density at radius 1 is 0.545 bits per heavy atom. The van der Waals surface area contributed by atoms with Crippen LogP contribution in [-0.4, -0.2) is 46.9 Å². The molecule has 0 bridgehead atoms. The van der Waals surface area contributed by atoms with E-state index in [9.17, 15) is 19.8 Å². The highest BCUT2D eigenvalue weighted by atomic mass is 16.5. The second-order valence-corrected chi connectivity index (χ2v) is 14.8. The van der Waals surface area contributed by atoms with Crippen molar-refractivity contribution >= 4 is 11.9 Å². The lowest BCUT2D eigenvalue weighted by atomic mass is 10.0. The van der Waals surface area contributed by atoms with Crippen LogP contribution in [0.2, 0.25) is 0 Å². The smallest absolute Gasteiger partial charge is 0.306 e. The molecule has 3 atom stereocenters. The number of hydrogen-bond acceptors (Lipinski definition) is 5. The molecule has 6 nitrogen and oxygen atoms in total. The first-order chi connectivity index (χ1) is 27.0. The van der Waals surface area contributed by atoms with Gasteiger partial charge >= 0.3 is 5.97 Å². The number of unbranched alkanes of at least 4 members (excludes halogenated alkanes) is 17. The fourth-order valence-electron chi connectivity index (χ4n) is 6.27. The van der Waals surface area contributed by atoms with Crippen LogP contribution < -0.4 is 5.32 Å². The molecule has 0 aliphatic heterocycles. The van der Waals surface area contributed by atoms with E-state index in [0.717, 1.165) is 70.6 Å². The molecule has 55 heavy (non-hydrogen) atoms. The van der Waals surface area contributed by atoms with E-state index < -0.39 is 18.2 Å². The van der Waals surface area contributed by atoms with Gasteiger partial charge in [0.2, 0.25) is 5.91 Å². The molecule has 0 heterocycles. The van der Waals surface area contributed by atoms with E-state index in [2.05, 4.69) is 74.7 Å². The molecule has 0 aliphatic carbocycles. The van der Waals surface area contributed by atoms with Gasteiger partial charge in [-0.3, -0.25) is 9.59 Å². The highest BCUT2D eigenvalue weighted by molar-refractivity contribution is 5.77. The molecule has 3 unspecified atom stereocenters. The van der Waals surface area contributed by atoms with Gasteiger partial charge in [0, 0.05) is 6.42 Å². The number of carbonyl (C=O) groups is 2. The Morgan fingerprint density at radius 3 is 1.53 bits per heavy atom. The molecule has 0 aliphatic rings. The van der Waals surface area contributed by atoms with Crippen LogP contribution in [0.3, 0.4) is 0 Å². The topological polar surface area (TPSA) is 95.9 Å². The molecule has 6 heteroatoms. The summed E-state index contributed by atoms with van der Waals surface area (Å²) in [6, 6.07) is -0.727. The number of allylic oxidation sites excluding steroid dienone is 14. The summed E-state index contributed by atoms with van der Waals surface area (Å²) in [7, 11) is 0. The van der Waals surface area contributed by atoms with Crippen molar-refractivity contribution in [2.75, 3.05) is 6.61 Å². The van der Waals surface area contributed by atoms with Gasteiger partial charge in [-0.05, 0) is 57.8 Å². The van der Waals surface area contributed by atoms with Gasteiger partial charge in [-0.2, -0.15) is 0 Å². The normalized spacial score (nSPS) is 14.2. The number of ether oxygens (including phenoxy) is 1. The molecule has 0 fully saturated rings. The molecule has 0 aromatic carbocycles. The zero-order chi connectivity index (χ0) is 40.3.